The van der Waals surface area contributed by atoms with Gasteiger partial charge in [0.25, 0.3) is 0 Å². The fourth-order valence-corrected chi connectivity index (χ4v) is 0. The van der Waals surface area contributed by atoms with Gasteiger partial charge in [-0.25, -0.2) is 0 Å². The number of nitrogens with zero attached hydrogens (tertiary/aromatic N) is 1. The van der Waals surface area contributed by atoms with E-state index in [-0.39, 0.29) is 16.4 Å². The summed E-state index contributed by atoms with van der Waals surface area (Å²) < 4.78 is 0. The third kappa shape index (κ3) is 56.9. The number of rotatable bonds is 0. The lowest BCUT2D eigenvalue weighted by Crippen LogP contribution is -1.74. The van der Waals surface area contributed by atoms with E-state index in [1.807, 2.05) is 0 Å². The zero-order chi connectivity index (χ0) is 3.58. The van der Waals surface area contributed by atoms with Crippen LogP contribution in [0.2, 0.25) is 0 Å². The Hall–Kier alpha value is -0.920. The van der Waals surface area contributed by atoms with Crippen LogP contribution < -0.4 is 0 Å². The first kappa shape index (κ1) is 36.3. The Morgan fingerprint density at radius 2 is 1.14 bits per heavy atom. The minimum absolute atomic E-state index is 0. The largest absolute Gasteiger partial charge is 0.457 e. The van der Waals surface area contributed by atoms with Crippen molar-refractivity contribution in [2.45, 2.75) is 0 Å². The molecule has 0 aliphatic carbocycles. The summed E-state index contributed by atoms with van der Waals surface area (Å²) in [6.07, 6.45) is 0. The second-order valence-corrected chi connectivity index (χ2v) is 0.224. The minimum atomic E-state index is -1.75. The molecule has 7 nitrogen and oxygen atoms in total. The SMILES string of the molecule is O.O.O=[N+]([O-])[O-].[OH3+]. The maximum atomic E-state index is 8.25. The summed E-state index contributed by atoms with van der Waals surface area (Å²) in [5.41, 5.74) is 0. The van der Waals surface area contributed by atoms with Gasteiger partial charge in [-0.1, -0.05) is 0 Å². The Labute approximate surface area is 38.2 Å². The van der Waals surface area contributed by atoms with Crippen LogP contribution in [0.3, 0.4) is 0 Å². The second-order valence-electron chi connectivity index (χ2n) is 0.224. The molecule has 0 atom stereocenters. The van der Waals surface area contributed by atoms with Gasteiger partial charge in [0.05, 0.1) is 5.09 Å². The van der Waals surface area contributed by atoms with E-state index >= 15 is 0 Å². The lowest BCUT2D eigenvalue weighted by molar-refractivity contribution is -0.402. The molecule has 0 aromatic heterocycles. The highest BCUT2D eigenvalue weighted by Gasteiger charge is 1.45. The van der Waals surface area contributed by atoms with E-state index in [1.165, 1.54) is 0 Å². The van der Waals surface area contributed by atoms with Crippen LogP contribution in [-0.2, 0) is 5.48 Å². The summed E-state index contributed by atoms with van der Waals surface area (Å²) in [6, 6.07) is 0. The van der Waals surface area contributed by atoms with Crippen LogP contribution in [0.5, 0.6) is 0 Å². The van der Waals surface area contributed by atoms with Gasteiger partial charge >= 0.3 is 0 Å². The molecule has 0 spiro atoms. The molecule has 0 aliphatic heterocycles. The molecule has 0 aliphatic rings. The molecular formula is H7NO6. The molecule has 0 aromatic carbocycles. The van der Waals surface area contributed by atoms with E-state index in [0.29, 0.717) is 0 Å². The zero-order valence-corrected chi connectivity index (χ0v) is 3.25. The molecule has 0 amide bonds. The van der Waals surface area contributed by atoms with Gasteiger partial charge in [-0.3, -0.25) is 0 Å². The average molecular weight is 117 g/mol. The third-order valence-corrected chi connectivity index (χ3v) is 0. The van der Waals surface area contributed by atoms with E-state index < -0.39 is 5.09 Å². The molecule has 0 aromatic rings. The van der Waals surface area contributed by atoms with Gasteiger partial charge in [-0.2, -0.15) is 0 Å². The van der Waals surface area contributed by atoms with Crippen molar-refractivity contribution >= 4 is 0 Å². The quantitative estimate of drug-likeness (QED) is 0.190. The smallest absolute Gasteiger partial charge is 0.0689 e. The van der Waals surface area contributed by atoms with Gasteiger partial charge in [0.1, 0.15) is 0 Å². The topological polar surface area (TPSA) is 162 Å². The predicted octanol–water partition coefficient (Wildman–Crippen LogP) is -2.81. The van der Waals surface area contributed by atoms with Gasteiger partial charge in [0.2, 0.25) is 0 Å². The lowest BCUT2D eigenvalue weighted by atomic mass is 13.1. The van der Waals surface area contributed by atoms with Crippen LogP contribution in [0.25, 0.3) is 0 Å². The summed E-state index contributed by atoms with van der Waals surface area (Å²) in [5.74, 6) is 0. The van der Waals surface area contributed by atoms with Crippen molar-refractivity contribution in [3.63, 3.8) is 0 Å². The third-order valence-electron chi connectivity index (χ3n) is 0. The molecule has 0 heterocycles. The standard InChI is InChI=1S/NO3.3H2O/c2-1(3)4;;;/h;3*1H2/q-1;;;/p+1. The molecule has 0 rings (SSSR count). The summed E-state index contributed by atoms with van der Waals surface area (Å²) >= 11 is 0. The maximum Gasteiger partial charge on any atom is 0.0689 e. The van der Waals surface area contributed by atoms with Crippen molar-refractivity contribution in [2.24, 2.45) is 0 Å². The predicted molar refractivity (Wildman–Crippen MR) is 22.5 cm³/mol. The molecular weight excluding hydrogens is 110 g/mol. The normalized spacial score (nSPS) is 3.43. The number of hydrogen-bond donors (Lipinski definition) is 0. The summed E-state index contributed by atoms with van der Waals surface area (Å²) in [7, 11) is 0. The van der Waals surface area contributed by atoms with Crippen LogP contribution in [0.4, 0.5) is 0 Å². The van der Waals surface area contributed by atoms with Crippen LogP contribution >= 0.6 is 0 Å². The highest BCUT2D eigenvalue weighted by Crippen LogP contribution is 1.44. The molecule has 48 valence electrons. The summed E-state index contributed by atoms with van der Waals surface area (Å²) in [4.78, 5) is 8.25. The van der Waals surface area contributed by atoms with Crippen LogP contribution in [0.15, 0.2) is 0 Å². The summed E-state index contributed by atoms with van der Waals surface area (Å²) in [5, 5.41) is 14.8. The Morgan fingerprint density at radius 1 is 1.14 bits per heavy atom. The van der Waals surface area contributed by atoms with Gasteiger partial charge in [0, 0.05) is 0 Å². The first-order chi connectivity index (χ1) is 1.73. The molecule has 0 fully saturated rings. The Balaban J connectivity index is -0.0000000150. The zero-order valence-electron chi connectivity index (χ0n) is 3.25. The van der Waals surface area contributed by atoms with Crippen LogP contribution in [0, 0.1) is 15.3 Å². The Kier molecular flexibility index (Phi) is 101. The monoisotopic (exact) mass is 117 g/mol. The number of hydrogen-bond acceptors (Lipinski definition) is 3. The van der Waals surface area contributed by atoms with E-state index in [2.05, 4.69) is 0 Å². The Morgan fingerprint density at radius 3 is 1.14 bits per heavy atom. The molecule has 0 saturated heterocycles. The Bertz CT molecular complexity index is 27.2. The first-order valence-electron chi connectivity index (χ1n) is 0.548. The molecule has 7 N–H and O–H groups in total. The van der Waals surface area contributed by atoms with Crippen molar-refractivity contribution < 1.29 is 21.5 Å². The van der Waals surface area contributed by atoms with Gasteiger partial charge in [0.15, 0.2) is 0 Å². The maximum absolute atomic E-state index is 8.25. The highest BCUT2D eigenvalue weighted by molar-refractivity contribution is 4.03. The van der Waals surface area contributed by atoms with E-state index in [4.69, 9.17) is 15.3 Å². The van der Waals surface area contributed by atoms with Gasteiger partial charge in [-0.05, 0) is 0 Å². The molecule has 0 unspecified atom stereocenters. The fourth-order valence-electron chi connectivity index (χ4n) is 0. The second kappa shape index (κ2) is 19.5. The van der Waals surface area contributed by atoms with Crippen molar-refractivity contribution in [2.75, 3.05) is 0 Å². The van der Waals surface area contributed by atoms with E-state index in [0.717, 1.165) is 0 Å². The van der Waals surface area contributed by atoms with Crippen molar-refractivity contribution in [3.05, 3.63) is 15.3 Å². The van der Waals surface area contributed by atoms with Crippen molar-refractivity contribution in [1.82, 2.24) is 0 Å². The van der Waals surface area contributed by atoms with E-state index in [1.54, 1.807) is 0 Å². The first-order valence-corrected chi connectivity index (χ1v) is 0.548. The molecule has 0 radical (unpaired) electrons. The van der Waals surface area contributed by atoms with Gasteiger partial charge < -0.3 is 31.8 Å². The summed E-state index contributed by atoms with van der Waals surface area (Å²) in [6.45, 7) is 0. The van der Waals surface area contributed by atoms with Crippen molar-refractivity contribution in [1.29, 1.82) is 0 Å². The average Bonchev–Trinajstić information content (AvgIpc) is 0.811. The van der Waals surface area contributed by atoms with Gasteiger partial charge in [-0.15, -0.1) is 0 Å². The molecule has 0 bridgehead atoms. The lowest BCUT2D eigenvalue weighted by Gasteiger charge is -1.74. The van der Waals surface area contributed by atoms with Crippen molar-refractivity contribution in [3.8, 4) is 0 Å². The van der Waals surface area contributed by atoms with E-state index in [9.17, 15) is 0 Å². The fraction of sp³-hybridized carbons (Fsp3) is 0. The highest BCUT2D eigenvalue weighted by atomic mass is 16.9. The van der Waals surface area contributed by atoms with Crippen LogP contribution in [0.1, 0.15) is 0 Å². The molecule has 7 heteroatoms. The van der Waals surface area contributed by atoms with Crippen LogP contribution in [-0.4, -0.2) is 16.0 Å². The molecule has 0 saturated carbocycles. The minimum Gasteiger partial charge on any atom is -0.457 e. The molecule has 7 heavy (non-hydrogen) atoms.